The van der Waals surface area contributed by atoms with Crippen LogP contribution in [0.3, 0.4) is 0 Å². The first-order valence-electron chi connectivity index (χ1n) is 4.72. The van der Waals surface area contributed by atoms with Crippen LogP contribution < -0.4 is 63.3 Å². The van der Waals surface area contributed by atoms with Crippen molar-refractivity contribution in [1.29, 1.82) is 0 Å². The van der Waals surface area contributed by atoms with Crippen LogP contribution in [-0.4, -0.2) is 11.9 Å². The number of hydrogen-bond donors (Lipinski definition) is 0. The van der Waals surface area contributed by atoms with E-state index >= 15 is 0 Å². The van der Waals surface area contributed by atoms with Crippen molar-refractivity contribution in [2.45, 2.75) is 39.5 Å². The standard InChI is InChI=1S/C10H16F2O2.Rb/c1-9(2,3)7-5-10(11,12)4-6(7)8(13)14;/h6-7H,4-5H2,1-3H3,(H,13,14);/q;+1/p-1. The SMILES string of the molecule is CC(C)(C)C1CC(F)(F)CC1C(=O)[O-].[Rb+]. The number of carboxylic acid groups (broad SMARTS) is 1. The molecule has 0 aliphatic heterocycles. The topological polar surface area (TPSA) is 40.1 Å². The number of aliphatic carboxylic acids is 1. The molecule has 1 saturated carbocycles. The number of hydrogen-bond acceptors (Lipinski definition) is 2. The summed E-state index contributed by atoms with van der Waals surface area (Å²) in [5, 5.41) is 10.7. The van der Waals surface area contributed by atoms with Crippen LogP contribution in [-0.2, 0) is 4.79 Å². The molecule has 0 N–H and O–H groups in total. The summed E-state index contributed by atoms with van der Waals surface area (Å²) in [4.78, 5) is 10.7. The zero-order chi connectivity index (χ0) is 11.1. The minimum Gasteiger partial charge on any atom is -0.550 e. The Hall–Kier alpha value is 1.14. The van der Waals surface area contributed by atoms with Crippen LogP contribution >= 0.6 is 0 Å². The van der Waals surface area contributed by atoms with E-state index in [4.69, 9.17) is 0 Å². The largest absolute Gasteiger partial charge is 1.00 e. The molecule has 2 nitrogen and oxygen atoms in total. The van der Waals surface area contributed by atoms with E-state index in [0.717, 1.165) is 0 Å². The molecule has 1 rings (SSSR count). The van der Waals surface area contributed by atoms with E-state index in [1.165, 1.54) is 0 Å². The molecular weight excluding hydrogens is 276 g/mol. The van der Waals surface area contributed by atoms with Crippen molar-refractivity contribution < 1.29 is 76.9 Å². The Bertz CT molecular complexity index is 248. The molecule has 15 heavy (non-hydrogen) atoms. The van der Waals surface area contributed by atoms with Gasteiger partial charge in [-0.05, 0) is 11.3 Å². The molecule has 0 aromatic heterocycles. The van der Waals surface area contributed by atoms with Crippen molar-refractivity contribution in [2.24, 2.45) is 17.3 Å². The van der Waals surface area contributed by atoms with Gasteiger partial charge in [0.05, 0.1) is 0 Å². The molecule has 82 valence electrons. The monoisotopic (exact) mass is 290 g/mol. The molecule has 0 heterocycles. The Morgan fingerprint density at radius 1 is 1.33 bits per heavy atom. The van der Waals surface area contributed by atoms with Gasteiger partial charge in [0.1, 0.15) is 0 Å². The fraction of sp³-hybridized carbons (Fsp3) is 0.900. The molecule has 0 bridgehead atoms. The van der Waals surface area contributed by atoms with Gasteiger partial charge in [-0.25, -0.2) is 8.78 Å². The van der Waals surface area contributed by atoms with E-state index in [1.54, 1.807) is 20.8 Å². The summed E-state index contributed by atoms with van der Waals surface area (Å²) >= 11 is 0. The third kappa shape index (κ3) is 4.13. The summed E-state index contributed by atoms with van der Waals surface area (Å²) in [6.07, 6.45) is -0.910. The van der Waals surface area contributed by atoms with Crippen molar-refractivity contribution >= 4 is 5.97 Å². The Morgan fingerprint density at radius 3 is 2.07 bits per heavy atom. The van der Waals surface area contributed by atoms with Gasteiger partial charge in [0.2, 0.25) is 5.92 Å². The van der Waals surface area contributed by atoms with Crippen molar-refractivity contribution in [3.8, 4) is 0 Å². The molecule has 0 saturated heterocycles. The molecule has 2 atom stereocenters. The summed E-state index contributed by atoms with van der Waals surface area (Å²) < 4.78 is 26.1. The van der Waals surface area contributed by atoms with Gasteiger partial charge < -0.3 is 9.90 Å². The summed E-state index contributed by atoms with van der Waals surface area (Å²) in [5.74, 6) is -5.70. The first-order valence-corrected chi connectivity index (χ1v) is 4.72. The average Bonchev–Trinajstić information content (AvgIpc) is 2.24. The Morgan fingerprint density at radius 2 is 1.80 bits per heavy atom. The predicted molar refractivity (Wildman–Crippen MR) is 45.6 cm³/mol. The van der Waals surface area contributed by atoms with E-state index in [1.807, 2.05) is 0 Å². The Balaban J connectivity index is 0.00000196. The van der Waals surface area contributed by atoms with Crippen molar-refractivity contribution in [2.75, 3.05) is 0 Å². The van der Waals surface area contributed by atoms with Gasteiger partial charge in [0, 0.05) is 24.7 Å². The predicted octanol–water partition coefficient (Wildman–Crippen LogP) is -1.55. The van der Waals surface area contributed by atoms with Crippen molar-refractivity contribution in [1.82, 2.24) is 0 Å². The van der Waals surface area contributed by atoms with E-state index in [9.17, 15) is 18.7 Å². The molecule has 2 unspecified atom stereocenters. The molecule has 5 heteroatoms. The van der Waals surface area contributed by atoms with Crippen LogP contribution in [0.5, 0.6) is 0 Å². The van der Waals surface area contributed by atoms with E-state index in [2.05, 4.69) is 0 Å². The van der Waals surface area contributed by atoms with Gasteiger partial charge >= 0.3 is 58.2 Å². The maximum absolute atomic E-state index is 13.0. The number of carboxylic acids is 1. The summed E-state index contributed by atoms with van der Waals surface area (Å²) in [6.45, 7) is 5.36. The number of carbonyl (C=O) groups is 1. The van der Waals surface area contributed by atoms with E-state index < -0.39 is 35.6 Å². The molecule has 1 fully saturated rings. The normalized spacial score (nSPS) is 29.7. The molecule has 0 spiro atoms. The molecule has 0 amide bonds. The Labute approximate surface area is 138 Å². The summed E-state index contributed by atoms with van der Waals surface area (Å²) in [6, 6.07) is 0. The quantitative estimate of drug-likeness (QED) is 0.587. The first kappa shape index (κ1) is 16.1. The van der Waals surface area contributed by atoms with Crippen LogP contribution in [0.4, 0.5) is 8.78 Å². The number of halogens is 2. The maximum atomic E-state index is 13.0. The second-order valence-electron chi connectivity index (χ2n) is 5.16. The van der Waals surface area contributed by atoms with Crippen LogP contribution in [0, 0.1) is 17.3 Å². The van der Waals surface area contributed by atoms with Gasteiger partial charge in [0.15, 0.2) is 0 Å². The molecule has 0 aromatic rings. The number of carbonyl (C=O) groups excluding carboxylic acids is 1. The summed E-state index contributed by atoms with van der Waals surface area (Å²) in [7, 11) is 0. The molecule has 0 radical (unpaired) electrons. The molecule has 1 aliphatic carbocycles. The van der Waals surface area contributed by atoms with Gasteiger partial charge in [-0.1, -0.05) is 20.8 Å². The summed E-state index contributed by atoms with van der Waals surface area (Å²) in [5.41, 5.74) is -0.412. The van der Waals surface area contributed by atoms with Crippen LogP contribution in [0.25, 0.3) is 0 Å². The van der Waals surface area contributed by atoms with Crippen molar-refractivity contribution in [3.05, 3.63) is 0 Å². The smallest absolute Gasteiger partial charge is 0.550 e. The van der Waals surface area contributed by atoms with Crippen LogP contribution in [0.2, 0.25) is 0 Å². The number of alkyl halides is 2. The van der Waals surface area contributed by atoms with E-state index in [-0.39, 0.29) is 64.6 Å². The minimum absolute atomic E-state index is 0. The second kappa shape index (κ2) is 5.19. The van der Waals surface area contributed by atoms with Crippen molar-refractivity contribution in [3.63, 3.8) is 0 Å². The van der Waals surface area contributed by atoms with Gasteiger partial charge in [-0.15, -0.1) is 0 Å². The van der Waals surface area contributed by atoms with Gasteiger partial charge in [-0.3, -0.25) is 0 Å². The third-order valence-electron chi connectivity index (χ3n) is 2.94. The first-order chi connectivity index (χ1) is 6.13. The Kier molecular flexibility index (Phi) is 5.58. The van der Waals surface area contributed by atoms with Gasteiger partial charge in [0.25, 0.3) is 0 Å². The zero-order valence-electron chi connectivity index (χ0n) is 9.64. The van der Waals surface area contributed by atoms with Crippen LogP contribution in [0.15, 0.2) is 0 Å². The number of rotatable bonds is 1. The molecule has 1 aliphatic rings. The average molecular weight is 291 g/mol. The second-order valence-corrected chi connectivity index (χ2v) is 5.16. The maximum Gasteiger partial charge on any atom is 1.00 e. The fourth-order valence-corrected chi connectivity index (χ4v) is 2.17. The molecule has 0 aromatic carbocycles. The third-order valence-corrected chi connectivity index (χ3v) is 2.94. The minimum atomic E-state index is -2.84. The van der Waals surface area contributed by atoms with E-state index in [0.29, 0.717) is 0 Å². The fourth-order valence-electron chi connectivity index (χ4n) is 2.17. The van der Waals surface area contributed by atoms with Gasteiger partial charge in [-0.2, -0.15) is 0 Å². The van der Waals surface area contributed by atoms with Crippen LogP contribution in [0.1, 0.15) is 33.6 Å². The molecular formula is C10H15F2O2Rb. The zero-order valence-corrected chi connectivity index (χ0v) is 14.6.